The number of benzene rings is 2. The van der Waals surface area contributed by atoms with Gasteiger partial charge in [-0.05, 0) is 37.6 Å². The highest BCUT2D eigenvalue weighted by molar-refractivity contribution is 6.00. The summed E-state index contributed by atoms with van der Waals surface area (Å²) in [5.74, 6) is 0.903. The van der Waals surface area contributed by atoms with Gasteiger partial charge in [0, 0.05) is 35.3 Å². The number of nitrogens with zero attached hydrogens (tertiary/aromatic N) is 4. The van der Waals surface area contributed by atoms with Gasteiger partial charge in [-0.25, -0.2) is 9.97 Å². The van der Waals surface area contributed by atoms with E-state index in [0.717, 1.165) is 22.2 Å². The van der Waals surface area contributed by atoms with E-state index in [2.05, 4.69) is 29.1 Å². The standard InChI is InChI=1S/C26H28N6O4/c1-15(2)31-13-19(22-23(27)28-14-29-24(22)31)16-6-9-18(10-7-16)36-21-11-8-17(32(34)35)12-20(21)30-25(33)26(3,4)5/h6-15H,1-5H3,(H,30,33)(H2,27,28,29). The summed E-state index contributed by atoms with van der Waals surface area (Å²) >= 11 is 0. The van der Waals surface area contributed by atoms with Crippen molar-refractivity contribution in [2.24, 2.45) is 5.41 Å². The van der Waals surface area contributed by atoms with E-state index in [4.69, 9.17) is 10.5 Å². The number of amides is 1. The van der Waals surface area contributed by atoms with Crippen LogP contribution in [0.4, 0.5) is 17.2 Å². The van der Waals surface area contributed by atoms with Crippen LogP contribution < -0.4 is 15.8 Å². The van der Waals surface area contributed by atoms with Gasteiger partial charge in [0.2, 0.25) is 5.91 Å². The summed E-state index contributed by atoms with van der Waals surface area (Å²) in [5, 5.41) is 14.8. The molecule has 186 valence electrons. The summed E-state index contributed by atoms with van der Waals surface area (Å²) in [6, 6.07) is 11.6. The van der Waals surface area contributed by atoms with Crippen LogP contribution in [-0.2, 0) is 4.79 Å². The third-order valence-corrected chi connectivity index (χ3v) is 5.69. The fourth-order valence-corrected chi connectivity index (χ4v) is 3.68. The quantitative estimate of drug-likeness (QED) is 0.253. The van der Waals surface area contributed by atoms with Crippen LogP contribution in [0, 0.1) is 15.5 Å². The smallest absolute Gasteiger partial charge is 0.271 e. The summed E-state index contributed by atoms with van der Waals surface area (Å²) in [7, 11) is 0. The van der Waals surface area contributed by atoms with Crippen molar-refractivity contribution in [3.8, 4) is 22.6 Å². The number of hydrogen-bond acceptors (Lipinski definition) is 7. The SMILES string of the molecule is CC(C)n1cc(-c2ccc(Oc3ccc([N+](=O)[O-])cc3NC(=O)C(C)(C)C)cc2)c2c(N)ncnc21. The molecule has 2 aromatic carbocycles. The highest BCUT2D eigenvalue weighted by Gasteiger charge is 2.24. The van der Waals surface area contributed by atoms with Gasteiger partial charge in [-0.3, -0.25) is 14.9 Å². The first-order valence-corrected chi connectivity index (χ1v) is 11.4. The Bertz CT molecular complexity index is 1450. The van der Waals surface area contributed by atoms with E-state index in [0.29, 0.717) is 17.3 Å². The molecule has 0 saturated carbocycles. The lowest BCUT2D eigenvalue weighted by molar-refractivity contribution is -0.384. The van der Waals surface area contributed by atoms with Crippen molar-refractivity contribution >= 4 is 34.1 Å². The van der Waals surface area contributed by atoms with Gasteiger partial charge in [0.15, 0.2) is 5.75 Å². The normalized spacial score (nSPS) is 11.6. The first-order valence-electron chi connectivity index (χ1n) is 11.4. The lowest BCUT2D eigenvalue weighted by atomic mass is 9.95. The Morgan fingerprint density at radius 3 is 2.44 bits per heavy atom. The highest BCUT2D eigenvalue weighted by atomic mass is 16.6. The summed E-state index contributed by atoms with van der Waals surface area (Å²) in [6.45, 7) is 9.41. The average Bonchev–Trinajstić information content (AvgIpc) is 3.21. The van der Waals surface area contributed by atoms with Crippen LogP contribution in [0.2, 0.25) is 0 Å². The lowest BCUT2D eigenvalue weighted by Crippen LogP contribution is -2.27. The van der Waals surface area contributed by atoms with Gasteiger partial charge in [0.05, 0.1) is 16.0 Å². The molecular formula is C26H28N6O4. The number of anilines is 2. The van der Waals surface area contributed by atoms with Crippen LogP contribution in [0.5, 0.6) is 11.5 Å². The van der Waals surface area contributed by atoms with Gasteiger partial charge in [-0.1, -0.05) is 32.9 Å². The number of nitrogens with two attached hydrogens (primary N) is 1. The molecule has 10 heteroatoms. The Kier molecular flexibility index (Phi) is 6.36. The fourth-order valence-electron chi connectivity index (χ4n) is 3.68. The Labute approximate surface area is 208 Å². The van der Waals surface area contributed by atoms with Crippen molar-refractivity contribution in [2.45, 2.75) is 40.7 Å². The van der Waals surface area contributed by atoms with Gasteiger partial charge < -0.3 is 20.4 Å². The number of aromatic nitrogens is 3. The molecule has 0 fully saturated rings. The van der Waals surface area contributed by atoms with Crippen molar-refractivity contribution in [3.05, 3.63) is 65.1 Å². The average molecular weight is 489 g/mol. The highest BCUT2D eigenvalue weighted by Crippen LogP contribution is 2.37. The Morgan fingerprint density at radius 2 is 1.83 bits per heavy atom. The molecule has 1 amide bonds. The first-order chi connectivity index (χ1) is 17.0. The maximum absolute atomic E-state index is 12.5. The van der Waals surface area contributed by atoms with Gasteiger partial charge in [-0.2, -0.15) is 0 Å². The molecule has 10 nitrogen and oxygen atoms in total. The topological polar surface area (TPSA) is 138 Å². The summed E-state index contributed by atoms with van der Waals surface area (Å²) in [4.78, 5) is 31.9. The molecular weight excluding hydrogens is 460 g/mol. The molecule has 36 heavy (non-hydrogen) atoms. The van der Waals surface area contributed by atoms with Crippen LogP contribution in [0.1, 0.15) is 40.7 Å². The number of carbonyl (C=O) groups excluding carboxylic acids is 1. The Morgan fingerprint density at radius 1 is 1.14 bits per heavy atom. The monoisotopic (exact) mass is 488 g/mol. The van der Waals surface area contributed by atoms with Crippen LogP contribution in [-0.4, -0.2) is 25.4 Å². The van der Waals surface area contributed by atoms with Crippen LogP contribution in [0.15, 0.2) is 55.0 Å². The Hall–Kier alpha value is -4.47. The zero-order valence-electron chi connectivity index (χ0n) is 20.8. The molecule has 0 aliphatic heterocycles. The van der Waals surface area contributed by atoms with Crippen LogP contribution in [0.3, 0.4) is 0 Å². The van der Waals surface area contributed by atoms with Crippen LogP contribution >= 0.6 is 0 Å². The van der Waals surface area contributed by atoms with Crippen molar-refractivity contribution < 1.29 is 14.5 Å². The van der Waals surface area contributed by atoms with Gasteiger partial charge in [0.25, 0.3) is 5.69 Å². The van der Waals surface area contributed by atoms with Crippen molar-refractivity contribution in [1.82, 2.24) is 14.5 Å². The molecule has 2 aromatic heterocycles. The zero-order valence-corrected chi connectivity index (χ0v) is 20.8. The number of rotatable bonds is 6. The molecule has 4 rings (SSSR count). The number of hydrogen-bond donors (Lipinski definition) is 2. The third-order valence-electron chi connectivity index (χ3n) is 5.69. The van der Waals surface area contributed by atoms with E-state index in [1.165, 1.54) is 24.5 Å². The number of carbonyl (C=O) groups is 1. The van der Waals surface area contributed by atoms with Crippen molar-refractivity contribution in [3.63, 3.8) is 0 Å². The predicted molar refractivity (Wildman–Crippen MR) is 139 cm³/mol. The second-order valence-electron chi connectivity index (χ2n) is 9.77. The summed E-state index contributed by atoms with van der Waals surface area (Å²) < 4.78 is 8.06. The minimum Gasteiger partial charge on any atom is -0.455 e. The number of non-ortho nitro benzene ring substituents is 1. The Balaban J connectivity index is 1.67. The van der Waals surface area contributed by atoms with E-state index in [1.807, 2.05) is 22.9 Å². The minimum absolute atomic E-state index is 0.150. The molecule has 3 N–H and O–H groups in total. The largest absolute Gasteiger partial charge is 0.455 e. The number of fused-ring (bicyclic) bond motifs is 1. The van der Waals surface area contributed by atoms with Crippen molar-refractivity contribution in [1.29, 1.82) is 0 Å². The van der Waals surface area contributed by atoms with E-state index >= 15 is 0 Å². The molecule has 0 aliphatic rings. The van der Waals surface area contributed by atoms with Gasteiger partial charge in [-0.15, -0.1) is 0 Å². The predicted octanol–water partition coefficient (Wildman–Crippen LogP) is 5.95. The molecule has 0 bridgehead atoms. The van der Waals surface area contributed by atoms with Crippen LogP contribution in [0.25, 0.3) is 22.2 Å². The molecule has 0 radical (unpaired) electrons. The fraction of sp³-hybridized carbons (Fsp3) is 0.269. The number of nitro benzene ring substituents is 1. The maximum Gasteiger partial charge on any atom is 0.271 e. The second kappa shape index (κ2) is 9.29. The molecule has 2 heterocycles. The minimum atomic E-state index is -0.690. The molecule has 4 aromatic rings. The second-order valence-corrected chi connectivity index (χ2v) is 9.77. The molecule has 0 unspecified atom stereocenters. The van der Waals surface area contributed by atoms with Gasteiger partial charge >= 0.3 is 0 Å². The summed E-state index contributed by atoms with van der Waals surface area (Å²) in [6.07, 6.45) is 3.46. The molecule has 0 spiro atoms. The number of nitrogen functional groups attached to an aromatic ring is 1. The molecule has 0 aliphatic carbocycles. The molecule has 0 saturated heterocycles. The lowest BCUT2D eigenvalue weighted by Gasteiger charge is -2.19. The maximum atomic E-state index is 12.5. The van der Waals surface area contributed by atoms with E-state index in [9.17, 15) is 14.9 Å². The van der Waals surface area contributed by atoms with Gasteiger partial charge in [0.1, 0.15) is 23.5 Å². The van der Waals surface area contributed by atoms with Crippen molar-refractivity contribution in [2.75, 3.05) is 11.1 Å². The number of ether oxygens (including phenoxy) is 1. The number of nitro groups is 1. The van der Waals surface area contributed by atoms with E-state index in [-0.39, 0.29) is 23.3 Å². The van der Waals surface area contributed by atoms with E-state index < -0.39 is 10.3 Å². The van der Waals surface area contributed by atoms with E-state index in [1.54, 1.807) is 32.9 Å². The number of nitrogens with one attached hydrogen (secondary N) is 1. The third kappa shape index (κ3) is 4.83. The summed E-state index contributed by atoms with van der Waals surface area (Å²) in [5.41, 5.74) is 8.13. The zero-order chi connectivity index (χ0) is 26.2. The first kappa shape index (κ1) is 24.6. The molecule has 0 atom stereocenters.